The molecule has 2 aromatic heterocycles. The Kier molecular flexibility index (Phi) is 5.41. The van der Waals surface area contributed by atoms with E-state index in [1.807, 2.05) is 22.5 Å². The molecule has 0 saturated carbocycles. The number of anilines is 1. The normalized spacial score (nSPS) is 20.2. The van der Waals surface area contributed by atoms with Crippen molar-refractivity contribution < 1.29 is 14.3 Å². The standard InChI is InChI=1S/C23H24N4O3S/c28-20(27-8-3-16(4-9-27)14-19-24-7-12-31-19)2-1-17-13-18-21(25-15-17)26-22(29)23(18)5-10-30-11-6-23/h1-2,7,12-15H,3-6,8-11H2,(H,25,26,29). The van der Waals surface area contributed by atoms with E-state index in [0.29, 0.717) is 45.0 Å². The number of hydrogen-bond acceptors (Lipinski definition) is 6. The Morgan fingerprint density at radius 2 is 2.03 bits per heavy atom. The molecule has 3 aliphatic heterocycles. The number of piperidine rings is 1. The number of rotatable bonds is 3. The maximum absolute atomic E-state index is 12.7. The lowest BCUT2D eigenvalue weighted by atomic mass is 9.75. The van der Waals surface area contributed by atoms with Crippen molar-refractivity contribution in [3.63, 3.8) is 0 Å². The van der Waals surface area contributed by atoms with Crippen molar-refractivity contribution in [2.24, 2.45) is 0 Å². The van der Waals surface area contributed by atoms with Gasteiger partial charge in [-0.1, -0.05) is 5.57 Å². The predicted molar refractivity (Wildman–Crippen MR) is 120 cm³/mol. The van der Waals surface area contributed by atoms with Gasteiger partial charge in [-0.25, -0.2) is 9.97 Å². The molecule has 0 radical (unpaired) electrons. The molecule has 2 fully saturated rings. The summed E-state index contributed by atoms with van der Waals surface area (Å²) < 4.78 is 5.46. The SMILES string of the molecule is O=C(C=Cc1cnc2c(c1)C1(CCOCC1)C(=O)N2)N1CCC(=Cc2nccs2)CC1. The summed E-state index contributed by atoms with van der Waals surface area (Å²) in [6, 6.07) is 1.99. The van der Waals surface area contributed by atoms with E-state index in [-0.39, 0.29) is 11.8 Å². The maximum atomic E-state index is 12.7. The molecule has 3 aliphatic rings. The van der Waals surface area contributed by atoms with Crippen LogP contribution in [0.2, 0.25) is 0 Å². The first kappa shape index (κ1) is 20.1. The van der Waals surface area contributed by atoms with Gasteiger partial charge in [0.25, 0.3) is 0 Å². The molecule has 31 heavy (non-hydrogen) atoms. The van der Waals surface area contributed by atoms with E-state index >= 15 is 0 Å². The van der Waals surface area contributed by atoms with E-state index in [2.05, 4.69) is 21.4 Å². The van der Waals surface area contributed by atoms with Gasteiger partial charge in [-0.3, -0.25) is 9.59 Å². The van der Waals surface area contributed by atoms with Crippen molar-refractivity contribution in [1.29, 1.82) is 0 Å². The van der Waals surface area contributed by atoms with Gasteiger partial charge in [0.2, 0.25) is 11.8 Å². The molecular formula is C23H24N4O3S. The lowest BCUT2D eigenvalue weighted by Crippen LogP contribution is -2.40. The fourth-order valence-corrected chi connectivity index (χ4v) is 5.13. The highest BCUT2D eigenvalue weighted by atomic mass is 32.1. The maximum Gasteiger partial charge on any atom is 0.246 e. The van der Waals surface area contributed by atoms with Crippen LogP contribution in [0.1, 0.15) is 41.8 Å². The van der Waals surface area contributed by atoms with E-state index < -0.39 is 5.41 Å². The number of nitrogens with one attached hydrogen (secondary N) is 1. The molecule has 8 heteroatoms. The van der Waals surface area contributed by atoms with Crippen LogP contribution in [0.5, 0.6) is 0 Å². The van der Waals surface area contributed by atoms with Crippen LogP contribution in [-0.2, 0) is 19.7 Å². The summed E-state index contributed by atoms with van der Waals surface area (Å²) in [5, 5.41) is 5.90. The second-order valence-corrected chi connectivity index (χ2v) is 9.07. The number of likely N-dealkylation sites (tertiary alicyclic amines) is 1. The van der Waals surface area contributed by atoms with Crippen molar-refractivity contribution in [2.75, 3.05) is 31.6 Å². The van der Waals surface area contributed by atoms with Crippen molar-refractivity contribution in [3.8, 4) is 0 Å². The summed E-state index contributed by atoms with van der Waals surface area (Å²) >= 11 is 1.63. The molecule has 0 aliphatic carbocycles. The third kappa shape index (κ3) is 3.93. The summed E-state index contributed by atoms with van der Waals surface area (Å²) in [5.41, 5.74) is 2.53. The molecule has 5 rings (SSSR count). The quantitative estimate of drug-likeness (QED) is 0.747. The van der Waals surface area contributed by atoms with Gasteiger partial charge in [-0.05, 0) is 49.5 Å². The number of ether oxygens (including phenoxy) is 1. The van der Waals surface area contributed by atoms with Gasteiger partial charge in [0.05, 0.1) is 5.41 Å². The van der Waals surface area contributed by atoms with Gasteiger partial charge in [0.15, 0.2) is 0 Å². The third-order valence-corrected chi connectivity index (χ3v) is 7.07. The zero-order valence-corrected chi connectivity index (χ0v) is 18.0. The summed E-state index contributed by atoms with van der Waals surface area (Å²) in [6.45, 7) is 2.56. The van der Waals surface area contributed by atoms with Crippen molar-refractivity contribution >= 4 is 41.1 Å². The highest BCUT2D eigenvalue weighted by molar-refractivity contribution is 7.10. The molecule has 7 nitrogen and oxygen atoms in total. The molecule has 0 unspecified atom stereocenters. The Balaban J connectivity index is 1.25. The van der Waals surface area contributed by atoms with Crippen LogP contribution in [-0.4, -0.2) is 53.0 Å². The van der Waals surface area contributed by atoms with E-state index in [0.717, 1.165) is 29.0 Å². The van der Waals surface area contributed by atoms with E-state index in [9.17, 15) is 9.59 Å². The molecule has 5 heterocycles. The number of fused-ring (bicyclic) bond motifs is 2. The van der Waals surface area contributed by atoms with Crippen LogP contribution in [0.15, 0.2) is 35.5 Å². The van der Waals surface area contributed by atoms with E-state index in [1.54, 1.807) is 29.7 Å². The summed E-state index contributed by atoms with van der Waals surface area (Å²) in [6.07, 6.45) is 12.1. The molecule has 2 saturated heterocycles. The predicted octanol–water partition coefficient (Wildman–Crippen LogP) is 3.26. The lowest BCUT2D eigenvalue weighted by Gasteiger charge is -2.31. The highest BCUT2D eigenvalue weighted by Gasteiger charge is 2.48. The number of carbonyl (C=O) groups is 2. The molecule has 1 spiro atoms. The van der Waals surface area contributed by atoms with Crippen molar-refractivity contribution in [1.82, 2.24) is 14.9 Å². The largest absolute Gasteiger partial charge is 0.381 e. The third-order valence-electron chi connectivity index (χ3n) is 6.35. The first-order valence-electron chi connectivity index (χ1n) is 10.6. The van der Waals surface area contributed by atoms with Gasteiger partial charge in [0.1, 0.15) is 10.8 Å². The molecule has 160 valence electrons. The number of hydrogen-bond donors (Lipinski definition) is 1. The van der Waals surface area contributed by atoms with Crippen LogP contribution < -0.4 is 5.32 Å². The van der Waals surface area contributed by atoms with Crippen molar-refractivity contribution in [2.45, 2.75) is 31.1 Å². The molecule has 1 N–H and O–H groups in total. The molecule has 0 bridgehead atoms. The zero-order valence-electron chi connectivity index (χ0n) is 17.2. The lowest BCUT2D eigenvalue weighted by molar-refractivity contribution is -0.126. The van der Waals surface area contributed by atoms with Gasteiger partial charge in [-0.15, -0.1) is 11.3 Å². The summed E-state index contributed by atoms with van der Waals surface area (Å²) in [7, 11) is 0. The first-order valence-corrected chi connectivity index (χ1v) is 11.5. The number of amides is 2. The minimum atomic E-state index is -0.554. The van der Waals surface area contributed by atoms with Gasteiger partial charge < -0.3 is 15.0 Å². The van der Waals surface area contributed by atoms with Crippen molar-refractivity contribution in [3.05, 3.63) is 51.6 Å². The van der Waals surface area contributed by atoms with Gasteiger partial charge in [-0.2, -0.15) is 0 Å². The van der Waals surface area contributed by atoms with E-state index in [1.165, 1.54) is 5.57 Å². The average Bonchev–Trinajstić information content (AvgIpc) is 3.40. The Morgan fingerprint density at radius 3 is 2.77 bits per heavy atom. The van der Waals surface area contributed by atoms with E-state index in [4.69, 9.17) is 4.74 Å². The van der Waals surface area contributed by atoms with Gasteiger partial charge >= 0.3 is 0 Å². The minimum Gasteiger partial charge on any atom is -0.381 e. The second-order valence-electron chi connectivity index (χ2n) is 8.14. The van der Waals surface area contributed by atoms with Crippen LogP contribution in [0.25, 0.3) is 12.2 Å². The number of aromatic nitrogens is 2. The fraction of sp³-hybridized carbons (Fsp3) is 0.391. The fourth-order valence-electron chi connectivity index (χ4n) is 4.51. The molecular weight excluding hydrogens is 412 g/mol. The topological polar surface area (TPSA) is 84.4 Å². The van der Waals surface area contributed by atoms with Gasteiger partial charge in [0, 0.05) is 55.7 Å². The molecule has 0 atom stereocenters. The highest BCUT2D eigenvalue weighted by Crippen LogP contribution is 2.43. The Morgan fingerprint density at radius 1 is 1.23 bits per heavy atom. The number of thiazole rings is 1. The molecule has 0 aromatic carbocycles. The van der Waals surface area contributed by atoms with Crippen LogP contribution >= 0.6 is 11.3 Å². The Bertz CT molecular complexity index is 1040. The number of nitrogens with zero attached hydrogens (tertiary/aromatic N) is 3. The van der Waals surface area contributed by atoms with Crippen LogP contribution in [0.4, 0.5) is 5.82 Å². The van der Waals surface area contributed by atoms with Crippen LogP contribution in [0.3, 0.4) is 0 Å². The number of carbonyl (C=O) groups excluding carboxylic acids is 2. The second kappa shape index (κ2) is 8.36. The summed E-state index contributed by atoms with van der Waals surface area (Å²) in [5.74, 6) is 0.639. The molecule has 2 amide bonds. The number of pyridine rings is 1. The molecule has 2 aromatic rings. The van der Waals surface area contributed by atoms with Crippen LogP contribution in [0, 0.1) is 0 Å². The smallest absolute Gasteiger partial charge is 0.246 e. The monoisotopic (exact) mass is 436 g/mol. The first-order chi connectivity index (χ1) is 15.1. The average molecular weight is 437 g/mol. The Hall–Kier alpha value is -2.84. The zero-order chi connectivity index (χ0) is 21.3. The minimum absolute atomic E-state index is 0.00350. The summed E-state index contributed by atoms with van der Waals surface area (Å²) in [4.78, 5) is 35.9. The Labute approximate surface area is 184 Å².